The Morgan fingerprint density at radius 2 is 1.71 bits per heavy atom. The number of rotatable bonds is 9. The molecule has 4 aromatic carbocycles. The number of methoxy groups -OCH3 is 1. The maximum absolute atomic E-state index is 14.2. The van der Waals surface area contributed by atoms with Crippen molar-refractivity contribution in [3.63, 3.8) is 0 Å². The predicted octanol–water partition coefficient (Wildman–Crippen LogP) is 6.29. The molecule has 0 N–H and O–H groups in total. The molecule has 1 aromatic heterocycles. The molecule has 9 heteroatoms. The molecule has 0 radical (unpaired) electrons. The number of nitrogens with zero attached hydrogens (tertiary/aromatic N) is 2. The zero-order valence-corrected chi connectivity index (χ0v) is 27.0. The third kappa shape index (κ3) is 6.55. The summed E-state index contributed by atoms with van der Waals surface area (Å²) in [5.74, 6) is 0.829. The third-order valence-corrected chi connectivity index (χ3v) is 8.79. The largest absolute Gasteiger partial charge is 0.497 e. The van der Waals surface area contributed by atoms with Gasteiger partial charge in [0.2, 0.25) is 0 Å². The third-order valence-electron chi connectivity index (χ3n) is 7.28. The van der Waals surface area contributed by atoms with Gasteiger partial charge in [0.15, 0.2) is 4.80 Å². The second-order valence-electron chi connectivity index (χ2n) is 10.2. The van der Waals surface area contributed by atoms with E-state index in [-0.39, 0.29) is 12.2 Å². The van der Waals surface area contributed by atoms with E-state index in [4.69, 9.17) is 19.2 Å². The van der Waals surface area contributed by atoms with Crippen LogP contribution >= 0.6 is 27.3 Å². The molecule has 0 saturated heterocycles. The van der Waals surface area contributed by atoms with Gasteiger partial charge in [-0.2, -0.15) is 0 Å². The van der Waals surface area contributed by atoms with Crippen molar-refractivity contribution in [1.29, 1.82) is 0 Å². The molecule has 7 nitrogen and oxygen atoms in total. The van der Waals surface area contributed by atoms with Gasteiger partial charge in [-0.05, 0) is 66.1 Å². The van der Waals surface area contributed by atoms with Gasteiger partial charge >= 0.3 is 5.97 Å². The van der Waals surface area contributed by atoms with Crippen molar-refractivity contribution in [2.45, 2.75) is 19.6 Å². The van der Waals surface area contributed by atoms with Gasteiger partial charge < -0.3 is 14.2 Å². The Kier molecular flexibility index (Phi) is 9.09. The second kappa shape index (κ2) is 13.5. The molecule has 6 rings (SSSR count). The van der Waals surface area contributed by atoms with E-state index in [2.05, 4.69) is 15.9 Å². The highest BCUT2D eigenvalue weighted by Gasteiger charge is 2.35. The molecule has 0 aliphatic carbocycles. The van der Waals surface area contributed by atoms with Crippen molar-refractivity contribution in [3.05, 3.63) is 155 Å². The van der Waals surface area contributed by atoms with Crippen LogP contribution in [0.4, 0.5) is 0 Å². The maximum Gasteiger partial charge on any atom is 0.338 e. The first kappa shape index (κ1) is 30.3. The van der Waals surface area contributed by atoms with E-state index < -0.39 is 12.0 Å². The number of ether oxygens (including phenoxy) is 3. The van der Waals surface area contributed by atoms with Crippen LogP contribution < -0.4 is 24.4 Å². The number of carbonyl (C=O) groups excluding carboxylic acids is 1. The van der Waals surface area contributed by atoms with Crippen LogP contribution in [-0.2, 0) is 16.1 Å². The molecule has 1 aliphatic heterocycles. The van der Waals surface area contributed by atoms with E-state index in [1.165, 1.54) is 11.3 Å². The molecule has 0 saturated carbocycles. The van der Waals surface area contributed by atoms with E-state index in [0.717, 1.165) is 26.7 Å². The Balaban J connectivity index is 1.47. The zero-order chi connectivity index (χ0) is 31.3. The van der Waals surface area contributed by atoms with E-state index >= 15 is 0 Å². The number of hydrogen-bond donors (Lipinski definition) is 0. The first-order valence-corrected chi connectivity index (χ1v) is 16.0. The smallest absolute Gasteiger partial charge is 0.338 e. The molecule has 0 amide bonds. The first-order chi connectivity index (χ1) is 21.9. The molecule has 1 aliphatic rings. The van der Waals surface area contributed by atoms with Crippen molar-refractivity contribution in [2.24, 2.45) is 4.99 Å². The SMILES string of the molecule is CCOC(=O)C1=C(c2ccccc2)N=c2s/c(=C\c3cccc(OCc4ccc(Br)cc4)c3)c(=O)n2[C@@H]1c1ccc(OC)cc1. The number of carbonyl (C=O) groups is 1. The van der Waals surface area contributed by atoms with Gasteiger partial charge in [-0.25, -0.2) is 9.79 Å². The van der Waals surface area contributed by atoms with Crippen molar-refractivity contribution >= 4 is 45.0 Å². The van der Waals surface area contributed by atoms with Crippen LogP contribution in [0, 0.1) is 0 Å². The fourth-order valence-corrected chi connectivity index (χ4v) is 6.40. The minimum atomic E-state index is -0.760. The summed E-state index contributed by atoms with van der Waals surface area (Å²) in [6.45, 7) is 2.36. The Labute approximate surface area is 272 Å². The molecule has 226 valence electrons. The van der Waals surface area contributed by atoms with E-state index in [0.29, 0.717) is 38.7 Å². The number of halogens is 1. The molecule has 0 fully saturated rings. The van der Waals surface area contributed by atoms with Crippen LogP contribution in [0.1, 0.15) is 35.2 Å². The van der Waals surface area contributed by atoms with Gasteiger partial charge in [0.25, 0.3) is 5.56 Å². The molecule has 0 spiro atoms. The summed E-state index contributed by atoms with van der Waals surface area (Å²) in [5, 5.41) is 0. The minimum Gasteiger partial charge on any atom is -0.497 e. The normalized spacial score (nSPS) is 14.5. The summed E-state index contributed by atoms with van der Waals surface area (Å²) in [4.78, 5) is 33.2. The van der Waals surface area contributed by atoms with Gasteiger partial charge in [-0.1, -0.05) is 94.0 Å². The maximum atomic E-state index is 14.2. The van der Waals surface area contributed by atoms with Crippen molar-refractivity contribution in [2.75, 3.05) is 13.7 Å². The number of aromatic nitrogens is 1. The molecule has 0 bridgehead atoms. The van der Waals surface area contributed by atoms with E-state index in [9.17, 15) is 9.59 Å². The van der Waals surface area contributed by atoms with Crippen LogP contribution in [-0.4, -0.2) is 24.3 Å². The minimum absolute atomic E-state index is 0.185. The van der Waals surface area contributed by atoms with Crippen LogP contribution in [0.2, 0.25) is 0 Å². The summed E-state index contributed by atoms with van der Waals surface area (Å²) >= 11 is 4.73. The number of esters is 1. The summed E-state index contributed by atoms with van der Waals surface area (Å²) in [6, 6.07) is 31.6. The lowest BCUT2D eigenvalue weighted by molar-refractivity contribution is -0.138. The van der Waals surface area contributed by atoms with Crippen LogP contribution in [0.25, 0.3) is 11.8 Å². The molecule has 5 aromatic rings. The summed E-state index contributed by atoms with van der Waals surface area (Å²) < 4.78 is 20.0. The second-order valence-corrected chi connectivity index (χ2v) is 12.1. The fourth-order valence-electron chi connectivity index (χ4n) is 5.13. The number of hydrogen-bond acceptors (Lipinski definition) is 7. The number of fused-ring (bicyclic) bond motifs is 1. The van der Waals surface area contributed by atoms with Gasteiger partial charge in [-0.15, -0.1) is 0 Å². The number of thiazole rings is 1. The molecule has 0 unspecified atom stereocenters. The van der Waals surface area contributed by atoms with E-state index in [1.807, 2.05) is 109 Å². The van der Waals surface area contributed by atoms with Crippen molar-refractivity contribution in [1.82, 2.24) is 4.57 Å². The summed E-state index contributed by atoms with van der Waals surface area (Å²) in [6.07, 6.45) is 1.83. The summed E-state index contributed by atoms with van der Waals surface area (Å²) in [7, 11) is 1.59. The first-order valence-electron chi connectivity index (χ1n) is 14.3. The van der Waals surface area contributed by atoms with Gasteiger partial charge in [0, 0.05) is 10.0 Å². The lowest BCUT2D eigenvalue weighted by atomic mass is 9.93. The van der Waals surface area contributed by atoms with Crippen molar-refractivity contribution < 1.29 is 19.0 Å². The zero-order valence-electron chi connectivity index (χ0n) is 24.6. The highest BCUT2D eigenvalue weighted by atomic mass is 79.9. The molecular formula is C36H29BrN2O5S. The van der Waals surface area contributed by atoms with E-state index in [1.54, 1.807) is 18.6 Å². The Morgan fingerprint density at radius 1 is 0.956 bits per heavy atom. The Hall–Kier alpha value is -4.73. The monoisotopic (exact) mass is 680 g/mol. The van der Waals surface area contributed by atoms with Crippen molar-refractivity contribution in [3.8, 4) is 11.5 Å². The fraction of sp³-hybridized carbons (Fsp3) is 0.139. The van der Waals surface area contributed by atoms with Crippen LogP contribution in [0.5, 0.6) is 11.5 Å². The molecule has 45 heavy (non-hydrogen) atoms. The molecule has 1 atom stereocenters. The average Bonchev–Trinajstić information content (AvgIpc) is 3.38. The standard InChI is InChI=1S/C36H29BrN2O5S/c1-3-43-35(41)31-32(25-9-5-4-6-10-25)38-36-39(33(31)26-14-18-28(42-2)19-15-26)34(40)30(45-36)21-24-8-7-11-29(20-24)44-22-23-12-16-27(37)17-13-23/h4-21,33H,3,22H2,1-2H3/b30-21-/t33-/m1/s1. The average molecular weight is 682 g/mol. The predicted molar refractivity (Wildman–Crippen MR) is 179 cm³/mol. The van der Waals surface area contributed by atoms with Gasteiger partial charge in [0.1, 0.15) is 18.1 Å². The highest BCUT2D eigenvalue weighted by Crippen LogP contribution is 2.35. The Morgan fingerprint density at radius 3 is 2.42 bits per heavy atom. The molecule has 2 heterocycles. The van der Waals surface area contributed by atoms with Crippen LogP contribution in [0.15, 0.2) is 123 Å². The lowest BCUT2D eigenvalue weighted by Gasteiger charge is -2.26. The summed E-state index contributed by atoms with van der Waals surface area (Å²) in [5.41, 5.74) is 3.87. The Bertz CT molecular complexity index is 2050. The molecular weight excluding hydrogens is 652 g/mol. The lowest BCUT2D eigenvalue weighted by Crippen LogP contribution is -2.40. The van der Waals surface area contributed by atoms with Gasteiger partial charge in [-0.3, -0.25) is 9.36 Å². The topological polar surface area (TPSA) is 79.1 Å². The van der Waals surface area contributed by atoms with Crippen LogP contribution in [0.3, 0.4) is 0 Å². The quantitative estimate of drug-likeness (QED) is 0.171. The van der Waals surface area contributed by atoms with Gasteiger partial charge in [0.05, 0.1) is 35.6 Å². The highest BCUT2D eigenvalue weighted by molar-refractivity contribution is 9.10. The number of benzene rings is 4.